The van der Waals surface area contributed by atoms with Gasteiger partial charge in [0.25, 0.3) is 0 Å². The van der Waals surface area contributed by atoms with Gasteiger partial charge in [-0.05, 0) is 29.7 Å². The van der Waals surface area contributed by atoms with Crippen LogP contribution in [-0.4, -0.2) is 18.0 Å². The molecular formula is C16H27ClN2. The van der Waals surface area contributed by atoms with E-state index in [-0.39, 0.29) is 0 Å². The van der Waals surface area contributed by atoms with E-state index in [1.54, 1.807) is 0 Å². The van der Waals surface area contributed by atoms with Crippen LogP contribution in [0.25, 0.3) is 0 Å². The van der Waals surface area contributed by atoms with Gasteiger partial charge in [0, 0.05) is 24.7 Å². The summed E-state index contributed by atoms with van der Waals surface area (Å²) in [5.74, 6) is 0.780. The molecule has 0 heterocycles. The molecule has 0 fully saturated rings. The van der Waals surface area contributed by atoms with Gasteiger partial charge in [-0.15, -0.1) is 0 Å². The van der Waals surface area contributed by atoms with Crippen molar-refractivity contribution in [1.29, 1.82) is 0 Å². The lowest BCUT2D eigenvalue weighted by Crippen LogP contribution is -2.28. The lowest BCUT2D eigenvalue weighted by molar-refractivity contribution is 0.226. The topological polar surface area (TPSA) is 29.3 Å². The minimum Gasteiger partial charge on any atom is -0.326 e. The summed E-state index contributed by atoms with van der Waals surface area (Å²) in [4.78, 5) is 2.47. The average molecular weight is 283 g/mol. The molecule has 0 aliphatic rings. The predicted octanol–water partition coefficient (Wildman–Crippen LogP) is 4.06. The first-order valence-electron chi connectivity index (χ1n) is 7.34. The van der Waals surface area contributed by atoms with Crippen LogP contribution >= 0.6 is 11.6 Å². The summed E-state index contributed by atoms with van der Waals surface area (Å²) in [6, 6.07) is 6.17. The highest BCUT2D eigenvalue weighted by Crippen LogP contribution is 2.20. The Kier molecular flexibility index (Phi) is 7.44. The fraction of sp³-hybridized carbons (Fsp3) is 0.625. The van der Waals surface area contributed by atoms with E-state index in [1.165, 1.54) is 18.4 Å². The van der Waals surface area contributed by atoms with Crippen LogP contribution in [0.2, 0.25) is 5.02 Å². The highest BCUT2D eigenvalue weighted by atomic mass is 35.5. The zero-order valence-electron chi connectivity index (χ0n) is 12.5. The second-order valence-electron chi connectivity index (χ2n) is 5.14. The summed E-state index contributed by atoms with van der Waals surface area (Å²) in [6.07, 6.45) is 2.49. The minimum absolute atomic E-state index is 0.547. The predicted molar refractivity (Wildman–Crippen MR) is 84.4 cm³/mol. The molecule has 0 saturated heterocycles. The maximum Gasteiger partial charge on any atom is 0.0454 e. The Morgan fingerprint density at radius 3 is 2.37 bits per heavy atom. The number of rotatable bonds is 8. The van der Waals surface area contributed by atoms with Crippen LogP contribution in [0.15, 0.2) is 18.2 Å². The van der Waals surface area contributed by atoms with Crippen molar-refractivity contribution in [1.82, 2.24) is 4.90 Å². The average Bonchev–Trinajstić information content (AvgIpc) is 2.44. The molecule has 0 aliphatic carbocycles. The molecule has 0 aromatic heterocycles. The van der Waals surface area contributed by atoms with Gasteiger partial charge in [-0.2, -0.15) is 0 Å². The van der Waals surface area contributed by atoms with E-state index < -0.39 is 0 Å². The molecule has 0 atom stereocenters. The van der Waals surface area contributed by atoms with Crippen LogP contribution in [0.5, 0.6) is 0 Å². The first-order valence-corrected chi connectivity index (χ1v) is 7.72. The summed E-state index contributed by atoms with van der Waals surface area (Å²) in [7, 11) is 0. The van der Waals surface area contributed by atoms with Gasteiger partial charge in [-0.25, -0.2) is 0 Å². The normalized spacial score (nSPS) is 11.5. The van der Waals surface area contributed by atoms with Crippen LogP contribution in [0, 0.1) is 5.92 Å². The molecule has 2 N–H and O–H groups in total. The number of halogens is 1. The summed E-state index contributed by atoms with van der Waals surface area (Å²) in [5.41, 5.74) is 7.92. The number of nitrogens with two attached hydrogens (primary N) is 1. The van der Waals surface area contributed by atoms with Crippen molar-refractivity contribution in [3.05, 3.63) is 34.3 Å². The van der Waals surface area contributed by atoms with Gasteiger partial charge in [0.2, 0.25) is 0 Å². The van der Waals surface area contributed by atoms with Crippen molar-refractivity contribution in [2.24, 2.45) is 11.7 Å². The molecule has 0 bridgehead atoms. The van der Waals surface area contributed by atoms with E-state index in [2.05, 4.69) is 37.8 Å². The fourth-order valence-corrected chi connectivity index (χ4v) is 2.57. The Bertz CT molecular complexity index is 375. The first-order chi connectivity index (χ1) is 9.14. The van der Waals surface area contributed by atoms with Crippen molar-refractivity contribution in [3.63, 3.8) is 0 Å². The molecule has 108 valence electrons. The van der Waals surface area contributed by atoms with Crippen LogP contribution in [-0.2, 0) is 13.1 Å². The molecule has 0 unspecified atom stereocenters. The first kappa shape index (κ1) is 16.5. The van der Waals surface area contributed by atoms with Gasteiger partial charge in [0.15, 0.2) is 0 Å². The van der Waals surface area contributed by atoms with Crippen molar-refractivity contribution in [2.45, 2.75) is 46.7 Å². The Hall–Kier alpha value is -0.570. The largest absolute Gasteiger partial charge is 0.326 e. The summed E-state index contributed by atoms with van der Waals surface area (Å²) in [6.45, 7) is 10.4. The zero-order chi connectivity index (χ0) is 14.3. The van der Waals surface area contributed by atoms with E-state index in [4.69, 9.17) is 17.3 Å². The molecule has 1 rings (SSSR count). The highest BCUT2D eigenvalue weighted by molar-refractivity contribution is 6.31. The SMILES string of the molecule is CCC(CC)CN(CC)Cc1ccc(CN)cc1Cl. The quantitative estimate of drug-likeness (QED) is 0.779. The Morgan fingerprint density at radius 2 is 1.89 bits per heavy atom. The van der Waals surface area contributed by atoms with Crippen LogP contribution < -0.4 is 5.73 Å². The van der Waals surface area contributed by atoms with Crippen molar-refractivity contribution in [3.8, 4) is 0 Å². The smallest absolute Gasteiger partial charge is 0.0454 e. The van der Waals surface area contributed by atoms with E-state index in [9.17, 15) is 0 Å². The maximum atomic E-state index is 6.33. The molecule has 1 aromatic rings. The van der Waals surface area contributed by atoms with E-state index in [0.29, 0.717) is 6.54 Å². The molecule has 0 spiro atoms. The molecule has 2 nitrogen and oxygen atoms in total. The van der Waals surface area contributed by atoms with Crippen LogP contribution in [0.3, 0.4) is 0 Å². The molecule has 19 heavy (non-hydrogen) atoms. The standard InChI is InChI=1S/C16H27ClN2/c1-4-13(5-2)11-19(6-3)12-15-8-7-14(10-18)9-16(15)17/h7-9,13H,4-6,10-12,18H2,1-3H3. The Morgan fingerprint density at radius 1 is 1.21 bits per heavy atom. The number of benzene rings is 1. The molecular weight excluding hydrogens is 256 g/mol. The summed E-state index contributed by atoms with van der Waals surface area (Å²) >= 11 is 6.33. The highest BCUT2D eigenvalue weighted by Gasteiger charge is 2.12. The number of hydrogen-bond donors (Lipinski definition) is 1. The molecule has 0 amide bonds. The van der Waals surface area contributed by atoms with E-state index >= 15 is 0 Å². The van der Waals surface area contributed by atoms with Gasteiger partial charge < -0.3 is 5.73 Å². The molecule has 0 saturated carbocycles. The third-order valence-electron chi connectivity index (χ3n) is 3.87. The molecule has 1 aromatic carbocycles. The van der Waals surface area contributed by atoms with Crippen molar-refractivity contribution < 1.29 is 0 Å². The van der Waals surface area contributed by atoms with Gasteiger partial charge >= 0.3 is 0 Å². The maximum absolute atomic E-state index is 6.33. The summed E-state index contributed by atoms with van der Waals surface area (Å²) in [5, 5.41) is 0.839. The monoisotopic (exact) mass is 282 g/mol. The fourth-order valence-electron chi connectivity index (χ4n) is 2.30. The summed E-state index contributed by atoms with van der Waals surface area (Å²) < 4.78 is 0. The van der Waals surface area contributed by atoms with Gasteiger partial charge in [0.05, 0.1) is 0 Å². The second kappa shape index (κ2) is 8.57. The second-order valence-corrected chi connectivity index (χ2v) is 5.55. The molecule has 0 radical (unpaired) electrons. The van der Waals surface area contributed by atoms with Gasteiger partial charge in [0.1, 0.15) is 0 Å². The lowest BCUT2D eigenvalue weighted by Gasteiger charge is -2.25. The molecule has 3 heteroatoms. The van der Waals surface area contributed by atoms with Crippen molar-refractivity contribution >= 4 is 11.6 Å². The minimum atomic E-state index is 0.547. The Balaban J connectivity index is 2.70. The van der Waals surface area contributed by atoms with Gasteiger partial charge in [-0.3, -0.25) is 4.90 Å². The third kappa shape index (κ3) is 5.13. The lowest BCUT2D eigenvalue weighted by atomic mass is 10.0. The third-order valence-corrected chi connectivity index (χ3v) is 4.22. The van der Waals surface area contributed by atoms with E-state index in [0.717, 1.165) is 36.1 Å². The van der Waals surface area contributed by atoms with Gasteiger partial charge in [-0.1, -0.05) is 57.3 Å². The van der Waals surface area contributed by atoms with Crippen LogP contribution in [0.1, 0.15) is 44.7 Å². The van der Waals surface area contributed by atoms with Crippen LogP contribution in [0.4, 0.5) is 0 Å². The Labute approximate surface area is 122 Å². The number of nitrogens with zero attached hydrogens (tertiary/aromatic N) is 1. The zero-order valence-corrected chi connectivity index (χ0v) is 13.2. The van der Waals surface area contributed by atoms with Crippen molar-refractivity contribution in [2.75, 3.05) is 13.1 Å². The number of hydrogen-bond acceptors (Lipinski definition) is 2. The molecule has 0 aliphatic heterocycles. The van der Waals surface area contributed by atoms with E-state index in [1.807, 2.05) is 6.07 Å².